The van der Waals surface area contributed by atoms with Gasteiger partial charge in [-0.2, -0.15) is 0 Å². The van der Waals surface area contributed by atoms with E-state index in [9.17, 15) is 14.4 Å². The van der Waals surface area contributed by atoms with Crippen LogP contribution in [-0.4, -0.2) is 43.0 Å². The number of ketones is 1. The summed E-state index contributed by atoms with van der Waals surface area (Å²) in [5.41, 5.74) is 1.86. The average Bonchev–Trinajstić information content (AvgIpc) is 3.40. The lowest BCUT2D eigenvalue weighted by Gasteiger charge is -2.24. The number of carbonyl (C=O) groups excluding carboxylic acids is 3. The van der Waals surface area contributed by atoms with E-state index in [1.54, 1.807) is 25.1 Å². The summed E-state index contributed by atoms with van der Waals surface area (Å²) in [6.07, 6.45) is 1.54. The molecule has 0 aromatic heterocycles. The molecule has 1 saturated heterocycles. The number of hydrogen-bond acceptors (Lipinski definition) is 6. The van der Waals surface area contributed by atoms with E-state index in [4.69, 9.17) is 9.47 Å². The number of imide groups is 1. The second-order valence-electron chi connectivity index (χ2n) is 9.21. The van der Waals surface area contributed by atoms with Crippen LogP contribution in [0.4, 0.5) is 10.5 Å². The summed E-state index contributed by atoms with van der Waals surface area (Å²) in [4.78, 5) is 41.9. The van der Waals surface area contributed by atoms with Crippen molar-refractivity contribution in [3.8, 4) is 11.5 Å². The number of nitrogens with one attached hydrogen (secondary N) is 1. The first-order chi connectivity index (χ1) is 15.6. The van der Waals surface area contributed by atoms with Crippen molar-refractivity contribution in [3.05, 3.63) is 65.4 Å². The molecule has 0 bridgehead atoms. The van der Waals surface area contributed by atoms with Crippen LogP contribution in [0.25, 0.3) is 0 Å². The number of ether oxygens (including phenoxy) is 2. The van der Waals surface area contributed by atoms with Gasteiger partial charge in [0.05, 0.1) is 6.54 Å². The van der Waals surface area contributed by atoms with E-state index in [1.807, 2.05) is 36.2 Å². The molecule has 5 rings (SSSR count). The second-order valence-corrected chi connectivity index (χ2v) is 9.21. The highest BCUT2D eigenvalue weighted by Gasteiger charge is 2.50. The summed E-state index contributed by atoms with van der Waals surface area (Å²) >= 11 is 0. The highest BCUT2D eigenvalue weighted by atomic mass is 16.7. The Hall–Kier alpha value is -3.81. The van der Waals surface area contributed by atoms with Crippen LogP contribution in [0.15, 0.2) is 54.2 Å². The lowest BCUT2D eigenvalue weighted by molar-refractivity contribution is -0.133. The maximum atomic E-state index is 13.3. The highest BCUT2D eigenvalue weighted by Crippen LogP contribution is 2.46. The van der Waals surface area contributed by atoms with Crippen molar-refractivity contribution in [3.63, 3.8) is 0 Å². The number of urea groups is 1. The Morgan fingerprint density at radius 1 is 1.09 bits per heavy atom. The summed E-state index contributed by atoms with van der Waals surface area (Å²) in [7, 11) is 1.91. The molecule has 8 nitrogen and oxygen atoms in total. The van der Waals surface area contributed by atoms with Crippen molar-refractivity contribution in [2.75, 3.05) is 25.3 Å². The fourth-order valence-electron chi connectivity index (χ4n) is 4.86. The Morgan fingerprint density at radius 3 is 2.58 bits per heavy atom. The summed E-state index contributed by atoms with van der Waals surface area (Å²) in [5.74, 6) is 0.291. The van der Waals surface area contributed by atoms with Gasteiger partial charge in [-0.15, -0.1) is 0 Å². The van der Waals surface area contributed by atoms with E-state index < -0.39 is 17.5 Å². The molecule has 3 amide bonds. The van der Waals surface area contributed by atoms with E-state index >= 15 is 0 Å². The number of fused-ring (bicyclic) bond motifs is 2. The second kappa shape index (κ2) is 7.10. The van der Waals surface area contributed by atoms with Crippen LogP contribution in [0.5, 0.6) is 11.5 Å². The SMILES string of the molecule is CN1/C(=C\C(=O)CN2C(=O)NC(C)(c3ccc4c(c3)OCO4)C2=O)C(C)(C)c2ccccc21. The van der Waals surface area contributed by atoms with E-state index in [-0.39, 0.29) is 24.5 Å². The van der Waals surface area contributed by atoms with Gasteiger partial charge < -0.3 is 19.7 Å². The third-order valence-corrected chi connectivity index (χ3v) is 6.78. The highest BCUT2D eigenvalue weighted by molar-refractivity contribution is 6.10. The van der Waals surface area contributed by atoms with Gasteiger partial charge in [0, 0.05) is 29.9 Å². The molecule has 1 unspecified atom stereocenters. The van der Waals surface area contributed by atoms with Crippen molar-refractivity contribution < 1.29 is 23.9 Å². The first-order valence-electron chi connectivity index (χ1n) is 10.8. The molecule has 1 atom stereocenters. The van der Waals surface area contributed by atoms with Crippen LogP contribution >= 0.6 is 0 Å². The molecule has 3 aliphatic rings. The van der Waals surface area contributed by atoms with Gasteiger partial charge in [-0.05, 0) is 36.2 Å². The maximum absolute atomic E-state index is 13.3. The van der Waals surface area contributed by atoms with Crippen LogP contribution in [0.3, 0.4) is 0 Å². The Kier molecular flexibility index (Phi) is 4.53. The van der Waals surface area contributed by atoms with Crippen molar-refractivity contribution >= 4 is 23.4 Å². The number of anilines is 1. The Labute approximate surface area is 191 Å². The molecule has 8 heteroatoms. The van der Waals surface area contributed by atoms with Crippen molar-refractivity contribution in [2.24, 2.45) is 0 Å². The standard InChI is InChI=1S/C25H25N3O5/c1-24(2)17-7-5-6-8-18(17)27(4)21(24)12-16(29)13-28-22(30)25(3,26-23(28)31)15-9-10-19-20(11-15)33-14-32-19/h5-12H,13-14H2,1-4H3,(H,26,31)/b21-12-. The van der Waals surface area contributed by atoms with Gasteiger partial charge in [-0.3, -0.25) is 14.5 Å². The molecule has 1 N–H and O–H groups in total. The van der Waals surface area contributed by atoms with Gasteiger partial charge in [0.15, 0.2) is 17.3 Å². The fraction of sp³-hybridized carbons (Fsp3) is 0.320. The van der Waals surface area contributed by atoms with Gasteiger partial charge in [0.2, 0.25) is 6.79 Å². The molecule has 3 aliphatic heterocycles. The lowest BCUT2D eigenvalue weighted by atomic mass is 9.83. The molecular weight excluding hydrogens is 422 g/mol. The minimum absolute atomic E-state index is 0.111. The van der Waals surface area contributed by atoms with Gasteiger partial charge >= 0.3 is 6.03 Å². The molecule has 1 fully saturated rings. The summed E-state index contributed by atoms with van der Waals surface area (Å²) in [6, 6.07) is 12.5. The van der Waals surface area contributed by atoms with E-state index in [0.717, 1.165) is 21.8 Å². The summed E-state index contributed by atoms with van der Waals surface area (Å²) in [5, 5.41) is 2.73. The van der Waals surface area contributed by atoms with Crippen LogP contribution in [-0.2, 0) is 20.5 Å². The number of hydrogen-bond donors (Lipinski definition) is 1. The number of nitrogens with zero attached hydrogens (tertiary/aromatic N) is 2. The van der Waals surface area contributed by atoms with Crippen LogP contribution in [0.2, 0.25) is 0 Å². The summed E-state index contributed by atoms with van der Waals surface area (Å²) in [6.45, 7) is 5.50. The third kappa shape index (κ3) is 3.08. The predicted octanol–water partition coefficient (Wildman–Crippen LogP) is 3.06. The molecule has 2 aromatic carbocycles. The largest absolute Gasteiger partial charge is 0.454 e. The zero-order chi connectivity index (χ0) is 23.5. The molecule has 0 saturated carbocycles. The average molecular weight is 447 g/mol. The Balaban J connectivity index is 1.38. The van der Waals surface area contributed by atoms with Gasteiger partial charge in [-0.25, -0.2) is 4.79 Å². The minimum atomic E-state index is -1.30. The smallest absolute Gasteiger partial charge is 0.325 e. The third-order valence-electron chi connectivity index (χ3n) is 6.78. The molecular formula is C25H25N3O5. The maximum Gasteiger partial charge on any atom is 0.325 e. The number of rotatable bonds is 4. The fourth-order valence-corrected chi connectivity index (χ4v) is 4.86. The molecule has 3 heterocycles. The van der Waals surface area contributed by atoms with Gasteiger partial charge in [0.1, 0.15) is 5.54 Å². The molecule has 0 aliphatic carbocycles. The van der Waals surface area contributed by atoms with Crippen LogP contribution in [0.1, 0.15) is 31.9 Å². The van der Waals surface area contributed by atoms with Crippen molar-refractivity contribution in [1.82, 2.24) is 10.2 Å². The van der Waals surface area contributed by atoms with Crippen LogP contribution < -0.4 is 19.7 Å². The quantitative estimate of drug-likeness (QED) is 0.573. The van der Waals surface area contributed by atoms with Gasteiger partial charge in [-0.1, -0.05) is 38.1 Å². The topological polar surface area (TPSA) is 88.2 Å². The monoisotopic (exact) mass is 447 g/mol. The molecule has 170 valence electrons. The number of para-hydroxylation sites is 1. The number of amides is 3. The zero-order valence-corrected chi connectivity index (χ0v) is 19.0. The van der Waals surface area contributed by atoms with Crippen molar-refractivity contribution in [1.29, 1.82) is 0 Å². The van der Waals surface area contributed by atoms with E-state index in [1.165, 1.54) is 6.08 Å². The number of likely N-dealkylation sites (N-methyl/N-ethyl adjacent to an activating group) is 1. The normalized spacial score (nSPS) is 23.8. The first kappa shape index (κ1) is 21.1. The van der Waals surface area contributed by atoms with Crippen LogP contribution in [0, 0.1) is 0 Å². The first-order valence-corrected chi connectivity index (χ1v) is 10.8. The molecule has 0 spiro atoms. The van der Waals surface area contributed by atoms with E-state index in [0.29, 0.717) is 17.1 Å². The molecule has 33 heavy (non-hydrogen) atoms. The molecule has 2 aromatic rings. The van der Waals surface area contributed by atoms with Crippen molar-refractivity contribution in [2.45, 2.75) is 31.7 Å². The number of benzene rings is 2. The molecule has 0 radical (unpaired) electrons. The Morgan fingerprint density at radius 2 is 1.82 bits per heavy atom. The summed E-state index contributed by atoms with van der Waals surface area (Å²) < 4.78 is 10.7. The number of allylic oxidation sites excluding steroid dienone is 1. The van der Waals surface area contributed by atoms with Gasteiger partial charge in [0.25, 0.3) is 5.91 Å². The van der Waals surface area contributed by atoms with E-state index in [2.05, 4.69) is 19.2 Å². The number of carbonyl (C=O) groups is 3. The minimum Gasteiger partial charge on any atom is -0.454 e. The Bertz CT molecular complexity index is 1230. The lowest BCUT2D eigenvalue weighted by Crippen LogP contribution is -2.41. The predicted molar refractivity (Wildman–Crippen MR) is 121 cm³/mol. The zero-order valence-electron chi connectivity index (χ0n) is 19.0.